The molecule has 10 heteroatoms. The van der Waals surface area contributed by atoms with E-state index < -0.39 is 16.4 Å². The van der Waals surface area contributed by atoms with Gasteiger partial charge in [0.2, 0.25) is 0 Å². The molecule has 5 nitrogen and oxygen atoms in total. The second kappa shape index (κ2) is 7.62. The topological polar surface area (TPSA) is 60.2 Å². The summed E-state index contributed by atoms with van der Waals surface area (Å²) in [4.78, 5) is 3.70. The number of alkyl halides is 3. The molecule has 0 radical (unpaired) electrons. The average molecular weight is 382 g/mol. The number of rotatable bonds is 7. The van der Waals surface area contributed by atoms with Crippen molar-refractivity contribution in [2.45, 2.75) is 29.8 Å². The smallest absolute Gasteiger partial charge is 0.442 e. The molecule has 0 saturated carbocycles. The van der Waals surface area contributed by atoms with Gasteiger partial charge in [-0.25, -0.2) is 4.98 Å². The fourth-order valence-electron chi connectivity index (χ4n) is 1.91. The predicted octanol–water partition coefficient (Wildman–Crippen LogP) is 3.38. The van der Waals surface area contributed by atoms with Gasteiger partial charge in [-0.1, -0.05) is 11.6 Å². The van der Waals surface area contributed by atoms with Gasteiger partial charge in [-0.2, -0.15) is 18.3 Å². The average Bonchev–Trinajstić information content (AvgIpc) is 2.98. The van der Waals surface area contributed by atoms with Crippen LogP contribution >= 0.6 is 23.4 Å². The molecule has 2 unspecified atom stereocenters. The Morgan fingerprint density at radius 1 is 1.33 bits per heavy atom. The van der Waals surface area contributed by atoms with Gasteiger partial charge in [0.15, 0.2) is 0 Å². The molecule has 24 heavy (non-hydrogen) atoms. The Labute approximate surface area is 145 Å². The lowest BCUT2D eigenvalue weighted by atomic mass is 10.1. The predicted molar refractivity (Wildman–Crippen MR) is 85.0 cm³/mol. The molecule has 2 atom stereocenters. The third-order valence-corrected chi connectivity index (χ3v) is 4.56. The summed E-state index contributed by atoms with van der Waals surface area (Å²) < 4.78 is 43.8. The van der Waals surface area contributed by atoms with Crippen molar-refractivity contribution in [1.82, 2.24) is 14.8 Å². The summed E-state index contributed by atoms with van der Waals surface area (Å²) in [6.07, 6.45) is 1.20. The molecule has 2 rings (SSSR count). The lowest BCUT2D eigenvalue weighted by molar-refractivity contribution is -0.0374. The van der Waals surface area contributed by atoms with Gasteiger partial charge in [-0.15, -0.1) is 0 Å². The zero-order valence-corrected chi connectivity index (χ0v) is 14.1. The molecule has 0 saturated heterocycles. The van der Waals surface area contributed by atoms with E-state index in [9.17, 15) is 18.3 Å². The summed E-state index contributed by atoms with van der Waals surface area (Å²) in [6, 6.07) is 6.23. The molecule has 0 spiro atoms. The number of halogens is 4. The van der Waals surface area contributed by atoms with Crippen molar-refractivity contribution in [3.05, 3.63) is 41.9 Å². The third-order valence-electron chi connectivity index (χ3n) is 3.22. The Bertz CT molecular complexity index is 640. The highest BCUT2D eigenvalue weighted by atomic mass is 35.5. The fourth-order valence-corrected chi connectivity index (χ4v) is 2.90. The van der Waals surface area contributed by atoms with E-state index >= 15 is 0 Å². The molecular weight excluding hydrogens is 367 g/mol. The molecular formula is C14H15ClF3N3O2S. The van der Waals surface area contributed by atoms with Crippen LogP contribution in [0, 0.1) is 0 Å². The van der Waals surface area contributed by atoms with E-state index in [0.29, 0.717) is 10.8 Å². The number of hydrogen-bond acceptors (Lipinski definition) is 5. The second-order valence-corrected chi connectivity index (χ2v) is 7.27. The number of thioether (sulfide) groups is 1. The van der Waals surface area contributed by atoms with Crippen molar-refractivity contribution >= 4 is 23.4 Å². The van der Waals surface area contributed by atoms with Crippen LogP contribution in [0.2, 0.25) is 5.02 Å². The summed E-state index contributed by atoms with van der Waals surface area (Å²) in [5.74, 6) is 0.362. The minimum Gasteiger partial charge on any atom is -0.492 e. The molecule has 1 heterocycles. The zero-order valence-electron chi connectivity index (χ0n) is 12.6. The maximum absolute atomic E-state index is 12.9. The first-order valence-corrected chi connectivity index (χ1v) is 8.03. The normalized spacial score (nSPS) is 15.8. The Morgan fingerprint density at radius 3 is 2.54 bits per heavy atom. The van der Waals surface area contributed by atoms with Crippen LogP contribution in [0.15, 0.2) is 36.9 Å². The van der Waals surface area contributed by atoms with E-state index in [4.69, 9.17) is 16.3 Å². The maximum atomic E-state index is 12.9. The number of benzene rings is 1. The summed E-state index contributed by atoms with van der Waals surface area (Å²) in [6.45, 7) is 0.806. The van der Waals surface area contributed by atoms with E-state index in [1.807, 2.05) is 0 Å². The molecule has 0 aliphatic rings. The highest BCUT2D eigenvalue weighted by molar-refractivity contribution is 8.01. The van der Waals surface area contributed by atoms with E-state index in [-0.39, 0.29) is 24.9 Å². The highest BCUT2D eigenvalue weighted by Gasteiger charge is 2.46. The zero-order chi connectivity index (χ0) is 17.8. The Balaban J connectivity index is 2.11. The van der Waals surface area contributed by atoms with Gasteiger partial charge in [0, 0.05) is 5.02 Å². The van der Waals surface area contributed by atoms with Crippen LogP contribution in [0.1, 0.15) is 6.92 Å². The van der Waals surface area contributed by atoms with Crippen LogP contribution in [0.3, 0.4) is 0 Å². The molecule has 0 aliphatic heterocycles. The van der Waals surface area contributed by atoms with E-state index in [0.717, 1.165) is 0 Å². The Hall–Kier alpha value is -1.45. The molecule has 0 fully saturated rings. The first-order valence-electron chi connectivity index (χ1n) is 6.84. The van der Waals surface area contributed by atoms with Gasteiger partial charge < -0.3 is 9.84 Å². The standard InChI is InChI=1S/C14H15ClF3N3O2S/c1-13(24-14(16,17)18,12(22)6-21-9-19-8-20-21)7-23-11-4-2-10(15)3-5-11/h2-5,8-9,12,22H,6-7H2,1H3. The van der Waals surface area contributed by atoms with Crippen molar-refractivity contribution < 1.29 is 23.0 Å². The van der Waals surface area contributed by atoms with Crippen LogP contribution in [0.5, 0.6) is 5.75 Å². The first kappa shape index (κ1) is 18.9. The number of nitrogens with zero attached hydrogens (tertiary/aromatic N) is 3. The monoisotopic (exact) mass is 381 g/mol. The van der Waals surface area contributed by atoms with Gasteiger partial charge in [0.1, 0.15) is 25.0 Å². The van der Waals surface area contributed by atoms with Crippen LogP contribution in [0.4, 0.5) is 13.2 Å². The molecule has 1 aromatic carbocycles. The van der Waals surface area contributed by atoms with Gasteiger partial charge in [-0.05, 0) is 43.0 Å². The van der Waals surface area contributed by atoms with Crippen LogP contribution in [0.25, 0.3) is 0 Å². The summed E-state index contributed by atoms with van der Waals surface area (Å²) in [7, 11) is 0. The number of aromatic nitrogens is 3. The summed E-state index contributed by atoms with van der Waals surface area (Å²) >= 11 is 5.45. The second-order valence-electron chi connectivity index (χ2n) is 5.24. The fraction of sp³-hybridized carbons (Fsp3) is 0.429. The van der Waals surface area contributed by atoms with E-state index in [2.05, 4.69) is 10.1 Å². The first-order chi connectivity index (χ1) is 11.2. The number of aliphatic hydroxyl groups excluding tert-OH is 1. The van der Waals surface area contributed by atoms with Gasteiger partial charge in [-0.3, -0.25) is 4.68 Å². The Kier molecular flexibility index (Phi) is 6.00. The largest absolute Gasteiger partial charge is 0.492 e. The van der Waals surface area contributed by atoms with Crippen molar-refractivity contribution in [2.24, 2.45) is 0 Å². The van der Waals surface area contributed by atoms with Gasteiger partial charge in [0.05, 0.1) is 17.4 Å². The third kappa shape index (κ3) is 5.57. The minimum absolute atomic E-state index is 0.135. The SMILES string of the molecule is CC(COc1ccc(Cl)cc1)(SC(F)(F)F)C(O)Cn1cncn1. The molecule has 0 bridgehead atoms. The van der Waals surface area contributed by atoms with Crippen molar-refractivity contribution in [3.8, 4) is 5.75 Å². The molecule has 2 aromatic rings. The highest BCUT2D eigenvalue weighted by Crippen LogP contribution is 2.43. The molecule has 1 N–H and O–H groups in total. The van der Waals surface area contributed by atoms with Crippen LogP contribution in [-0.2, 0) is 6.54 Å². The maximum Gasteiger partial charge on any atom is 0.442 e. The van der Waals surface area contributed by atoms with E-state index in [1.165, 1.54) is 24.3 Å². The van der Waals surface area contributed by atoms with E-state index in [1.54, 1.807) is 24.3 Å². The molecule has 0 aliphatic carbocycles. The molecule has 132 valence electrons. The van der Waals surface area contributed by atoms with Crippen molar-refractivity contribution in [3.63, 3.8) is 0 Å². The summed E-state index contributed by atoms with van der Waals surface area (Å²) in [5, 5.41) is 14.6. The van der Waals surface area contributed by atoms with Crippen LogP contribution < -0.4 is 4.74 Å². The minimum atomic E-state index is -4.53. The summed E-state index contributed by atoms with van der Waals surface area (Å²) in [5.41, 5.74) is -4.53. The molecule has 1 aromatic heterocycles. The van der Waals surface area contributed by atoms with Gasteiger partial charge in [0.25, 0.3) is 0 Å². The lowest BCUT2D eigenvalue weighted by Gasteiger charge is -2.34. The van der Waals surface area contributed by atoms with Crippen LogP contribution in [-0.4, -0.2) is 42.8 Å². The van der Waals surface area contributed by atoms with Crippen molar-refractivity contribution in [2.75, 3.05) is 6.61 Å². The van der Waals surface area contributed by atoms with Gasteiger partial charge >= 0.3 is 5.51 Å². The molecule has 0 amide bonds. The number of aliphatic hydroxyl groups is 1. The lowest BCUT2D eigenvalue weighted by Crippen LogP contribution is -2.46. The number of ether oxygens (including phenoxy) is 1. The van der Waals surface area contributed by atoms with Crippen molar-refractivity contribution in [1.29, 1.82) is 0 Å². The quantitative estimate of drug-likeness (QED) is 0.796. The number of hydrogen-bond donors (Lipinski definition) is 1. The Morgan fingerprint density at radius 2 is 2.00 bits per heavy atom.